The number of benzene rings is 1. The molecule has 0 aliphatic rings. The number of aromatic nitrogens is 1. The van der Waals surface area contributed by atoms with Gasteiger partial charge >= 0.3 is 12.1 Å². The number of phenols is 1. The van der Waals surface area contributed by atoms with E-state index in [0.29, 0.717) is 6.07 Å². The molecule has 0 saturated heterocycles. The lowest BCUT2D eigenvalue weighted by molar-refractivity contribution is -0.136. The molecule has 1 aromatic heterocycles. The number of nitrogens with one attached hydrogen (secondary N) is 1. The molecule has 4 nitrogen and oxygen atoms in total. The Bertz CT molecular complexity index is 631. The fraction of sp³-hybridized carbons (Fsp3) is 0.250. The third kappa shape index (κ3) is 2.49. The van der Waals surface area contributed by atoms with Crippen molar-refractivity contribution < 1.29 is 27.8 Å². The SMILES string of the molecule is CCOC(=O)c1cc2c(C(F)(F)F)cc(O)cc2[nH]1. The van der Waals surface area contributed by atoms with Gasteiger partial charge in [0.1, 0.15) is 11.4 Å². The van der Waals surface area contributed by atoms with E-state index in [1.165, 1.54) is 0 Å². The molecule has 0 unspecified atom stereocenters. The van der Waals surface area contributed by atoms with Crippen molar-refractivity contribution in [1.29, 1.82) is 0 Å². The third-order valence-electron chi connectivity index (χ3n) is 2.52. The van der Waals surface area contributed by atoms with Gasteiger partial charge in [0.15, 0.2) is 0 Å². The topological polar surface area (TPSA) is 62.3 Å². The summed E-state index contributed by atoms with van der Waals surface area (Å²) in [7, 11) is 0. The van der Waals surface area contributed by atoms with Gasteiger partial charge in [-0.3, -0.25) is 0 Å². The molecule has 0 aliphatic carbocycles. The molecule has 0 spiro atoms. The van der Waals surface area contributed by atoms with Gasteiger partial charge in [0.05, 0.1) is 17.7 Å². The largest absolute Gasteiger partial charge is 0.508 e. The Morgan fingerprint density at radius 1 is 1.37 bits per heavy atom. The molecule has 0 bridgehead atoms. The number of esters is 1. The first-order chi connectivity index (χ1) is 8.82. The fourth-order valence-corrected chi connectivity index (χ4v) is 1.78. The lowest BCUT2D eigenvalue weighted by Gasteiger charge is -2.08. The summed E-state index contributed by atoms with van der Waals surface area (Å²) in [6.45, 7) is 1.71. The second-order valence-corrected chi connectivity index (χ2v) is 3.86. The van der Waals surface area contributed by atoms with Crippen LogP contribution in [-0.2, 0) is 10.9 Å². The van der Waals surface area contributed by atoms with Crippen LogP contribution in [0.1, 0.15) is 23.0 Å². The number of phenolic OH excluding ortho intramolecular Hbond substituents is 1. The maximum Gasteiger partial charge on any atom is 0.417 e. The zero-order chi connectivity index (χ0) is 14.2. The Labute approximate surface area is 105 Å². The van der Waals surface area contributed by atoms with E-state index >= 15 is 0 Å². The van der Waals surface area contributed by atoms with Gasteiger partial charge in [-0.05, 0) is 19.1 Å². The molecule has 0 atom stereocenters. The summed E-state index contributed by atoms with van der Waals surface area (Å²) >= 11 is 0. The maximum absolute atomic E-state index is 12.8. The van der Waals surface area contributed by atoms with E-state index in [-0.39, 0.29) is 23.2 Å². The van der Waals surface area contributed by atoms with Crippen LogP contribution in [0.25, 0.3) is 10.9 Å². The van der Waals surface area contributed by atoms with Crippen LogP contribution in [0.2, 0.25) is 0 Å². The van der Waals surface area contributed by atoms with Crippen LogP contribution in [0, 0.1) is 0 Å². The minimum Gasteiger partial charge on any atom is -0.508 e. The molecule has 0 saturated carbocycles. The molecule has 0 aliphatic heterocycles. The van der Waals surface area contributed by atoms with Crippen molar-refractivity contribution in [2.24, 2.45) is 0 Å². The summed E-state index contributed by atoms with van der Waals surface area (Å²) in [4.78, 5) is 14.0. The minimum atomic E-state index is -4.62. The van der Waals surface area contributed by atoms with E-state index in [9.17, 15) is 23.1 Å². The molecule has 102 valence electrons. The van der Waals surface area contributed by atoms with Crippen LogP contribution < -0.4 is 0 Å². The zero-order valence-corrected chi connectivity index (χ0v) is 9.84. The maximum atomic E-state index is 12.8. The quantitative estimate of drug-likeness (QED) is 0.826. The molecular weight excluding hydrogens is 263 g/mol. The number of aromatic amines is 1. The Morgan fingerprint density at radius 3 is 2.63 bits per heavy atom. The van der Waals surface area contributed by atoms with Crippen molar-refractivity contribution in [2.45, 2.75) is 13.1 Å². The normalized spacial score (nSPS) is 11.8. The molecule has 1 aromatic carbocycles. The number of ether oxygens (including phenoxy) is 1. The van der Waals surface area contributed by atoms with Crippen LogP contribution >= 0.6 is 0 Å². The Hall–Kier alpha value is -2.18. The van der Waals surface area contributed by atoms with Gasteiger partial charge in [-0.1, -0.05) is 0 Å². The number of hydrogen-bond donors (Lipinski definition) is 2. The molecule has 2 N–H and O–H groups in total. The second kappa shape index (κ2) is 4.49. The van der Waals surface area contributed by atoms with E-state index in [1.54, 1.807) is 6.92 Å². The highest BCUT2D eigenvalue weighted by Gasteiger charge is 2.34. The lowest BCUT2D eigenvalue weighted by atomic mass is 10.1. The minimum absolute atomic E-state index is 0.0235. The number of fused-ring (bicyclic) bond motifs is 1. The number of rotatable bonds is 2. The number of carbonyl (C=O) groups is 1. The van der Waals surface area contributed by atoms with Gasteiger partial charge in [-0.15, -0.1) is 0 Å². The number of aromatic hydroxyl groups is 1. The number of alkyl halides is 3. The molecule has 0 radical (unpaired) electrons. The van der Waals surface area contributed by atoms with Crippen molar-refractivity contribution in [3.05, 3.63) is 29.5 Å². The molecule has 2 aromatic rings. The highest BCUT2D eigenvalue weighted by atomic mass is 19.4. The molecule has 7 heteroatoms. The highest BCUT2D eigenvalue weighted by molar-refractivity contribution is 5.96. The van der Waals surface area contributed by atoms with Crippen molar-refractivity contribution in [1.82, 2.24) is 4.98 Å². The molecule has 2 rings (SSSR count). The van der Waals surface area contributed by atoms with Crippen LogP contribution in [0.5, 0.6) is 5.75 Å². The number of halogens is 3. The third-order valence-corrected chi connectivity index (χ3v) is 2.52. The standard InChI is InChI=1S/C12H10F3NO3/c1-2-19-11(18)10-5-7-8(12(13,14)15)3-6(17)4-9(7)16-10/h3-5,16-17H,2H2,1H3. The van der Waals surface area contributed by atoms with Gasteiger partial charge in [0, 0.05) is 11.5 Å². The van der Waals surface area contributed by atoms with Crippen molar-refractivity contribution >= 4 is 16.9 Å². The van der Waals surface area contributed by atoms with E-state index in [2.05, 4.69) is 4.98 Å². The average Bonchev–Trinajstić information content (AvgIpc) is 2.70. The first-order valence-electron chi connectivity index (χ1n) is 5.43. The van der Waals surface area contributed by atoms with Crippen LogP contribution in [0.4, 0.5) is 13.2 Å². The second-order valence-electron chi connectivity index (χ2n) is 3.86. The Kier molecular flexibility index (Phi) is 3.13. The molecule has 0 fully saturated rings. The first kappa shape index (κ1) is 13.3. The van der Waals surface area contributed by atoms with Gasteiger partial charge in [0.2, 0.25) is 0 Å². The van der Waals surface area contributed by atoms with E-state index < -0.39 is 23.5 Å². The molecule has 1 heterocycles. The summed E-state index contributed by atoms with van der Waals surface area (Å²) in [5.41, 5.74) is -1.07. The van der Waals surface area contributed by atoms with Gasteiger partial charge in [-0.25, -0.2) is 4.79 Å². The summed E-state index contributed by atoms with van der Waals surface area (Å²) < 4.78 is 43.1. The number of carbonyl (C=O) groups excluding carboxylic acids is 1. The van der Waals surface area contributed by atoms with Gasteiger partial charge in [0.25, 0.3) is 0 Å². The zero-order valence-electron chi connectivity index (χ0n) is 9.84. The highest BCUT2D eigenvalue weighted by Crippen LogP contribution is 2.37. The average molecular weight is 273 g/mol. The van der Waals surface area contributed by atoms with E-state index in [1.807, 2.05) is 0 Å². The predicted octanol–water partition coefficient (Wildman–Crippen LogP) is 3.07. The van der Waals surface area contributed by atoms with E-state index in [0.717, 1.165) is 12.1 Å². The van der Waals surface area contributed by atoms with Crippen molar-refractivity contribution in [3.8, 4) is 5.75 Å². The summed E-state index contributed by atoms with van der Waals surface area (Å²) in [6, 6.07) is 2.80. The summed E-state index contributed by atoms with van der Waals surface area (Å²) in [5, 5.41) is 9.10. The first-order valence-corrected chi connectivity index (χ1v) is 5.43. The Morgan fingerprint density at radius 2 is 2.05 bits per heavy atom. The van der Waals surface area contributed by atoms with Crippen molar-refractivity contribution in [2.75, 3.05) is 6.61 Å². The summed E-state index contributed by atoms with van der Waals surface area (Å²) in [6.07, 6.45) is -4.62. The molecular formula is C12H10F3NO3. The van der Waals surface area contributed by atoms with E-state index in [4.69, 9.17) is 4.74 Å². The monoisotopic (exact) mass is 273 g/mol. The van der Waals surface area contributed by atoms with Gasteiger partial charge in [-0.2, -0.15) is 13.2 Å². The van der Waals surface area contributed by atoms with Gasteiger partial charge < -0.3 is 14.8 Å². The lowest BCUT2D eigenvalue weighted by Crippen LogP contribution is -2.05. The molecule has 0 amide bonds. The predicted molar refractivity (Wildman–Crippen MR) is 60.9 cm³/mol. The van der Waals surface area contributed by atoms with Crippen LogP contribution in [0.15, 0.2) is 18.2 Å². The number of H-pyrrole nitrogens is 1. The number of hydrogen-bond acceptors (Lipinski definition) is 3. The smallest absolute Gasteiger partial charge is 0.417 e. The Balaban J connectivity index is 2.62. The fourth-order valence-electron chi connectivity index (χ4n) is 1.78. The van der Waals surface area contributed by atoms with Crippen LogP contribution in [0.3, 0.4) is 0 Å². The van der Waals surface area contributed by atoms with Crippen molar-refractivity contribution in [3.63, 3.8) is 0 Å². The molecule has 19 heavy (non-hydrogen) atoms. The summed E-state index contributed by atoms with van der Waals surface area (Å²) in [5.74, 6) is -1.27. The van der Waals surface area contributed by atoms with Crippen LogP contribution in [-0.4, -0.2) is 22.7 Å².